The van der Waals surface area contributed by atoms with E-state index in [0.29, 0.717) is 15.9 Å². The number of carbonyl (C=O) groups excluding carboxylic acids is 1. The molecule has 1 amide bonds. The Balaban J connectivity index is 1.48. The van der Waals surface area contributed by atoms with Gasteiger partial charge in [-0.1, -0.05) is 11.6 Å². The maximum Gasteiger partial charge on any atom is 0.257 e. The fraction of sp³-hybridized carbons (Fsp3) is 0.500. The topological polar surface area (TPSA) is 62.0 Å². The van der Waals surface area contributed by atoms with E-state index in [0.717, 1.165) is 37.0 Å². The van der Waals surface area contributed by atoms with Gasteiger partial charge in [0.2, 0.25) is 5.43 Å². The molecule has 2 aromatic rings. The van der Waals surface area contributed by atoms with Gasteiger partial charge in [-0.2, -0.15) is 0 Å². The molecule has 0 radical (unpaired) electrons. The van der Waals surface area contributed by atoms with Crippen LogP contribution in [0.2, 0.25) is 5.02 Å². The van der Waals surface area contributed by atoms with Gasteiger partial charge in [-0.05, 0) is 74.5 Å². The number of hydrogen-bond acceptors (Lipinski definition) is 2. The maximum atomic E-state index is 12.9. The van der Waals surface area contributed by atoms with Crippen LogP contribution in [0.3, 0.4) is 0 Å². The van der Waals surface area contributed by atoms with Crippen molar-refractivity contribution in [3.05, 3.63) is 45.2 Å². The smallest absolute Gasteiger partial charge is 0.257 e. The van der Waals surface area contributed by atoms with E-state index in [1.807, 2.05) is 0 Å². The summed E-state index contributed by atoms with van der Waals surface area (Å²) in [7, 11) is 0. The van der Waals surface area contributed by atoms with Crippen molar-refractivity contribution in [3.8, 4) is 0 Å². The minimum Gasteiger partial charge on any atom is -0.360 e. The molecule has 5 heteroatoms. The Morgan fingerprint density at radius 3 is 2.40 bits per heavy atom. The number of rotatable bonds is 2. The van der Waals surface area contributed by atoms with Crippen molar-refractivity contribution in [3.63, 3.8) is 0 Å². The molecule has 1 aromatic heterocycles. The van der Waals surface area contributed by atoms with Crippen molar-refractivity contribution in [1.82, 2.24) is 10.3 Å². The molecule has 0 saturated heterocycles. The van der Waals surface area contributed by atoms with Crippen LogP contribution in [-0.4, -0.2) is 16.4 Å². The number of hydrogen-bond donors (Lipinski definition) is 2. The van der Waals surface area contributed by atoms with Gasteiger partial charge in [-0.3, -0.25) is 9.59 Å². The van der Waals surface area contributed by atoms with Crippen LogP contribution in [0.4, 0.5) is 0 Å². The molecule has 4 nitrogen and oxygen atoms in total. The Morgan fingerprint density at radius 2 is 1.76 bits per heavy atom. The molecule has 4 aliphatic carbocycles. The van der Waals surface area contributed by atoms with Gasteiger partial charge < -0.3 is 10.3 Å². The first-order chi connectivity index (χ1) is 12.0. The Kier molecular flexibility index (Phi) is 3.30. The standard InChI is InChI=1S/C20H21ClN2O2/c21-14-1-2-17-15(6-14)18(24)16(10-22-17)19(25)23-20-7-11-3-12(8-20)5-13(4-11)9-20/h1-2,6,10-13H,3-5,7-9H2,(H,22,24)(H,23,25). The minimum atomic E-state index is -0.251. The number of halogens is 1. The van der Waals surface area contributed by atoms with Gasteiger partial charge in [-0.15, -0.1) is 0 Å². The van der Waals surface area contributed by atoms with Crippen molar-refractivity contribution in [2.75, 3.05) is 0 Å². The van der Waals surface area contributed by atoms with Crippen molar-refractivity contribution < 1.29 is 4.79 Å². The molecular formula is C20H21ClN2O2. The maximum absolute atomic E-state index is 12.9. The molecule has 4 bridgehead atoms. The zero-order valence-electron chi connectivity index (χ0n) is 14.0. The summed E-state index contributed by atoms with van der Waals surface area (Å²) < 4.78 is 0. The van der Waals surface area contributed by atoms with Gasteiger partial charge in [0.1, 0.15) is 5.56 Å². The third-order valence-corrected chi connectivity index (χ3v) is 6.74. The number of carbonyl (C=O) groups is 1. The lowest BCUT2D eigenvalue weighted by atomic mass is 9.53. The van der Waals surface area contributed by atoms with E-state index in [4.69, 9.17) is 11.6 Å². The van der Waals surface area contributed by atoms with E-state index in [9.17, 15) is 9.59 Å². The summed E-state index contributed by atoms with van der Waals surface area (Å²) in [5, 5.41) is 4.23. The second-order valence-corrected chi connectivity index (χ2v) is 8.81. The highest BCUT2D eigenvalue weighted by molar-refractivity contribution is 6.31. The lowest BCUT2D eigenvalue weighted by Gasteiger charge is -2.56. The summed E-state index contributed by atoms with van der Waals surface area (Å²) >= 11 is 6.01. The zero-order valence-corrected chi connectivity index (χ0v) is 14.7. The zero-order chi connectivity index (χ0) is 17.2. The van der Waals surface area contributed by atoms with Crippen LogP contribution < -0.4 is 10.7 Å². The second kappa shape index (κ2) is 5.34. The summed E-state index contributed by atoms with van der Waals surface area (Å²) in [4.78, 5) is 28.7. The van der Waals surface area contributed by atoms with Crippen LogP contribution in [0.1, 0.15) is 48.9 Å². The highest BCUT2D eigenvalue weighted by atomic mass is 35.5. The number of amides is 1. The predicted molar refractivity (Wildman–Crippen MR) is 97.9 cm³/mol. The number of nitrogens with one attached hydrogen (secondary N) is 2. The number of H-pyrrole nitrogens is 1. The normalized spacial score (nSPS) is 32.9. The molecule has 0 aliphatic heterocycles. The van der Waals surface area contributed by atoms with Gasteiger partial charge in [0.15, 0.2) is 0 Å². The highest BCUT2D eigenvalue weighted by Gasteiger charge is 2.51. The molecule has 0 unspecified atom stereocenters. The second-order valence-electron chi connectivity index (χ2n) is 8.37. The molecule has 4 saturated carbocycles. The molecule has 0 spiro atoms. The number of aromatic nitrogens is 1. The van der Waals surface area contributed by atoms with E-state index >= 15 is 0 Å². The monoisotopic (exact) mass is 356 g/mol. The molecule has 6 rings (SSSR count). The largest absolute Gasteiger partial charge is 0.360 e. The molecule has 25 heavy (non-hydrogen) atoms. The van der Waals surface area contributed by atoms with Crippen LogP contribution in [0.25, 0.3) is 10.9 Å². The van der Waals surface area contributed by atoms with Gasteiger partial charge >= 0.3 is 0 Å². The first-order valence-corrected chi connectivity index (χ1v) is 9.53. The molecule has 0 atom stereocenters. The predicted octanol–water partition coefficient (Wildman–Crippen LogP) is 3.88. The first-order valence-electron chi connectivity index (χ1n) is 9.15. The van der Waals surface area contributed by atoms with Gasteiger partial charge in [-0.25, -0.2) is 0 Å². The highest BCUT2D eigenvalue weighted by Crippen LogP contribution is 2.55. The van der Waals surface area contributed by atoms with Crippen molar-refractivity contribution in [2.45, 2.75) is 44.1 Å². The Morgan fingerprint density at radius 1 is 1.12 bits per heavy atom. The summed E-state index contributed by atoms with van der Waals surface area (Å²) in [6, 6.07) is 5.12. The van der Waals surface area contributed by atoms with Gasteiger partial charge in [0.25, 0.3) is 5.91 Å². The summed E-state index contributed by atoms with van der Waals surface area (Å²) in [6.07, 6.45) is 8.72. The molecule has 130 valence electrons. The van der Waals surface area contributed by atoms with E-state index in [1.54, 1.807) is 18.2 Å². The molecular weight excluding hydrogens is 336 g/mol. The fourth-order valence-electron chi connectivity index (χ4n) is 5.93. The van der Waals surface area contributed by atoms with Gasteiger partial charge in [0, 0.05) is 27.7 Å². The first kappa shape index (κ1) is 15.4. The van der Waals surface area contributed by atoms with Crippen LogP contribution in [0.5, 0.6) is 0 Å². The van der Waals surface area contributed by atoms with Crippen molar-refractivity contribution >= 4 is 28.4 Å². The van der Waals surface area contributed by atoms with Crippen LogP contribution in [-0.2, 0) is 0 Å². The quantitative estimate of drug-likeness (QED) is 0.857. The number of benzene rings is 1. The van der Waals surface area contributed by atoms with E-state index in [-0.39, 0.29) is 22.4 Å². The lowest BCUT2D eigenvalue weighted by Crippen LogP contribution is -2.60. The summed E-state index contributed by atoms with van der Waals surface area (Å²) in [5.74, 6) is 2.01. The fourth-order valence-corrected chi connectivity index (χ4v) is 6.10. The Hall–Kier alpha value is -1.81. The summed E-state index contributed by atoms with van der Waals surface area (Å²) in [5.41, 5.74) is 0.534. The average Bonchev–Trinajstić information content (AvgIpc) is 2.54. The molecule has 4 aliphatic rings. The number of fused-ring (bicyclic) bond motifs is 1. The Labute approximate surface area is 151 Å². The summed E-state index contributed by atoms with van der Waals surface area (Å²) in [6.45, 7) is 0. The number of pyridine rings is 1. The van der Waals surface area contributed by atoms with Crippen LogP contribution >= 0.6 is 11.6 Å². The molecule has 4 fully saturated rings. The third kappa shape index (κ3) is 2.50. The van der Waals surface area contributed by atoms with Gasteiger partial charge in [0.05, 0.1) is 0 Å². The van der Waals surface area contributed by atoms with Crippen LogP contribution in [0.15, 0.2) is 29.2 Å². The SMILES string of the molecule is O=C(NC12CC3CC(CC(C3)C1)C2)c1c[nH]c2ccc(Cl)cc2c1=O. The van der Waals surface area contributed by atoms with Crippen molar-refractivity contribution in [1.29, 1.82) is 0 Å². The van der Waals surface area contributed by atoms with Crippen molar-refractivity contribution in [2.24, 2.45) is 17.8 Å². The van der Waals surface area contributed by atoms with E-state index in [1.165, 1.54) is 25.5 Å². The van der Waals surface area contributed by atoms with E-state index < -0.39 is 0 Å². The minimum absolute atomic E-state index is 0.0957. The average molecular weight is 357 g/mol. The number of aromatic amines is 1. The molecule has 1 aromatic carbocycles. The third-order valence-electron chi connectivity index (χ3n) is 6.50. The molecule has 2 N–H and O–H groups in total. The Bertz CT molecular complexity index is 898. The lowest BCUT2D eigenvalue weighted by molar-refractivity contribution is -0.0167. The molecule has 1 heterocycles. The van der Waals surface area contributed by atoms with E-state index in [2.05, 4.69) is 10.3 Å². The van der Waals surface area contributed by atoms with Crippen LogP contribution in [0, 0.1) is 17.8 Å².